The van der Waals surface area contributed by atoms with Crippen LogP contribution in [0.5, 0.6) is 0 Å². The number of rotatable bonds is 6. The van der Waals surface area contributed by atoms with E-state index in [-0.39, 0.29) is 5.56 Å². The van der Waals surface area contributed by atoms with Crippen molar-refractivity contribution in [1.29, 1.82) is 0 Å². The van der Waals surface area contributed by atoms with Crippen LogP contribution in [0.15, 0.2) is 18.2 Å². The molecule has 0 spiro atoms. The molecule has 0 aliphatic rings. The third-order valence-corrected chi connectivity index (χ3v) is 3.00. The molecular formula is C13H19F2N3O. The molecule has 0 aliphatic carbocycles. The summed E-state index contributed by atoms with van der Waals surface area (Å²) >= 11 is 0. The number of carbonyl (C=O) groups is 1. The van der Waals surface area contributed by atoms with Gasteiger partial charge in [0.1, 0.15) is 17.2 Å². The summed E-state index contributed by atoms with van der Waals surface area (Å²) in [5, 5.41) is 2.89. The molecule has 1 atom stereocenters. The van der Waals surface area contributed by atoms with Gasteiger partial charge in [-0.2, -0.15) is 0 Å². The van der Waals surface area contributed by atoms with Crippen LogP contribution in [0.25, 0.3) is 0 Å². The zero-order valence-corrected chi connectivity index (χ0v) is 11.3. The molecule has 106 valence electrons. The van der Waals surface area contributed by atoms with Crippen molar-refractivity contribution in [3.8, 4) is 0 Å². The molecule has 19 heavy (non-hydrogen) atoms. The van der Waals surface area contributed by atoms with Crippen LogP contribution in [0, 0.1) is 11.6 Å². The topological polar surface area (TPSA) is 58.4 Å². The number of halogens is 2. The van der Waals surface area contributed by atoms with Gasteiger partial charge in [0, 0.05) is 18.7 Å². The molecule has 0 bridgehead atoms. The molecule has 4 nitrogen and oxygen atoms in total. The number of likely N-dealkylation sites (N-methyl/N-ethyl adjacent to an activating group) is 1. The first-order chi connectivity index (χ1) is 8.77. The molecule has 1 aromatic rings. The van der Waals surface area contributed by atoms with Gasteiger partial charge in [0.25, 0.3) is 0 Å². The lowest BCUT2D eigenvalue weighted by Gasteiger charge is -2.29. The number of benzene rings is 1. The van der Waals surface area contributed by atoms with Crippen LogP contribution in [0.2, 0.25) is 0 Å². The van der Waals surface area contributed by atoms with Crippen molar-refractivity contribution in [2.75, 3.05) is 27.2 Å². The fraction of sp³-hybridized carbons (Fsp3) is 0.462. The number of primary amides is 1. The van der Waals surface area contributed by atoms with E-state index in [0.29, 0.717) is 13.1 Å². The number of carbonyl (C=O) groups excluding carboxylic acids is 1. The van der Waals surface area contributed by atoms with E-state index in [2.05, 4.69) is 5.32 Å². The number of nitrogens with two attached hydrogens (primary N) is 1. The molecule has 0 aliphatic heterocycles. The van der Waals surface area contributed by atoms with Gasteiger partial charge in [-0.05, 0) is 39.2 Å². The van der Waals surface area contributed by atoms with Crippen molar-refractivity contribution >= 4 is 5.91 Å². The highest BCUT2D eigenvalue weighted by Gasteiger charge is 2.35. The van der Waals surface area contributed by atoms with Crippen LogP contribution in [-0.4, -0.2) is 38.0 Å². The van der Waals surface area contributed by atoms with Gasteiger partial charge in [0.2, 0.25) is 5.91 Å². The standard InChI is InChI=1S/C13H19F2N3O/c1-13(12(16)19,17-6-7-18(2)3)10-8-9(14)4-5-11(10)15/h4-5,8,17H,6-7H2,1-3H3,(H2,16,19). The molecular weight excluding hydrogens is 252 g/mol. The summed E-state index contributed by atoms with van der Waals surface area (Å²) in [6, 6.07) is 2.97. The molecule has 0 heterocycles. The Hall–Kier alpha value is -1.53. The second-order valence-corrected chi connectivity index (χ2v) is 4.84. The first kappa shape index (κ1) is 15.5. The molecule has 1 unspecified atom stereocenters. The monoisotopic (exact) mass is 271 g/mol. The third-order valence-electron chi connectivity index (χ3n) is 3.00. The van der Waals surface area contributed by atoms with Gasteiger partial charge in [0.05, 0.1) is 0 Å². The van der Waals surface area contributed by atoms with E-state index in [1.165, 1.54) is 6.92 Å². The Morgan fingerprint density at radius 3 is 2.58 bits per heavy atom. The molecule has 1 rings (SSSR count). The highest BCUT2D eigenvalue weighted by Crippen LogP contribution is 2.24. The molecule has 6 heteroatoms. The molecule has 0 radical (unpaired) electrons. The Morgan fingerprint density at radius 2 is 2.05 bits per heavy atom. The summed E-state index contributed by atoms with van der Waals surface area (Å²) in [4.78, 5) is 13.5. The summed E-state index contributed by atoms with van der Waals surface area (Å²) in [6.45, 7) is 2.51. The summed E-state index contributed by atoms with van der Waals surface area (Å²) < 4.78 is 27.0. The minimum absolute atomic E-state index is 0.0845. The van der Waals surface area contributed by atoms with E-state index < -0.39 is 23.1 Å². The summed E-state index contributed by atoms with van der Waals surface area (Å²) in [5.41, 5.74) is 3.81. The predicted molar refractivity (Wildman–Crippen MR) is 69.5 cm³/mol. The van der Waals surface area contributed by atoms with Crippen molar-refractivity contribution in [2.45, 2.75) is 12.5 Å². The molecule has 1 aromatic carbocycles. The first-order valence-electron chi connectivity index (χ1n) is 5.92. The van der Waals surface area contributed by atoms with E-state index in [0.717, 1.165) is 18.2 Å². The lowest BCUT2D eigenvalue weighted by molar-refractivity contribution is -0.124. The van der Waals surface area contributed by atoms with Crippen LogP contribution in [0.3, 0.4) is 0 Å². The summed E-state index contributed by atoms with van der Waals surface area (Å²) in [7, 11) is 3.73. The van der Waals surface area contributed by atoms with E-state index in [4.69, 9.17) is 5.73 Å². The molecule has 1 amide bonds. The van der Waals surface area contributed by atoms with Gasteiger partial charge < -0.3 is 10.6 Å². The average Bonchev–Trinajstić information content (AvgIpc) is 2.31. The fourth-order valence-electron chi connectivity index (χ4n) is 1.73. The number of hydrogen-bond donors (Lipinski definition) is 2. The molecule has 0 aromatic heterocycles. The number of nitrogens with one attached hydrogen (secondary N) is 1. The number of amides is 1. The second-order valence-electron chi connectivity index (χ2n) is 4.84. The van der Waals surface area contributed by atoms with E-state index in [9.17, 15) is 13.6 Å². The Bertz CT molecular complexity index is 465. The normalized spacial score (nSPS) is 14.4. The van der Waals surface area contributed by atoms with Crippen LogP contribution in [-0.2, 0) is 10.3 Å². The number of nitrogens with zero attached hydrogens (tertiary/aromatic N) is 1. The maximum absolute atomic E-state index is 13.8. The zero-order chi connectivity index (χ0) is 14.6. The van der Waals surface area contributed by atoms with Crippen molar-refractivity contribution in [3.63, 3.8) is 0 Å². The Morgan fingerprint density at radius 1 is 1.42 bits per heavy atom. The summed E-state index contributed by atoms with van der Waals surface area (Å²) in [5.74, 6) is -2.03. The van der Waals surface area contributed by atoms with Crippen molar-refractivity contribution < 1.29 is 13.6 Å². The lowest BCUT2D eigenvalue weighted by Crippen LogP contribution is -2.52. The minimum Gasteiger partial charge on any atom is -0.368 e. The van der Waals surface area contributed by atoms with Crippen LogP contribution in [0.1, 0.15) is 12.5 Å². The smallest absolute Gasteiger partial charge is 0.242 e. The van der Waals surface area contributed by atoms with E-state index >= 15 is 0 Å². The third kappa shape index (κ3) is 3.71. The number of hydrogen-bond acceptors (Lipinski definition) is 3. The van der Waals surface area contributed by atoms with E-state index in [1.807, 2.05) is 19.0 Å². The van der Waals surface area contributed by atoms with Crippen molar-refractivity contribution in [2.24, 2.45) is 5.73 Å². The largest absolute Gasteiger partial charge is 0.368 e. The average molecular weight is 271 g/mol. The van der Waals surface area contributed by atoms with Gasteiger partial charge in [-0.15, -0.1) is 0 Å². The van der Waals surface area contributed by atoms with E-state index in [1.54, 1.807) is 0 Å². The fourth-order valence-corrected chi connectivity index (χ4v) is 1.73. The molecule has 0 fully saturated rings. The molecule has 0 saturated carbocycles. The Kier molecular flexibility index (Phi) is 4.97. The Labute approximate surface area is 111 Å². The highest BCUT2D eigenvalue weighted by molar-refractivity contribution is 5.85. The van der Waals surface area contributed by atoms with Gasteiger partial charge >= 0.3 is 0 Å². The SMILES string of the molecule is CN(C)CCNC(C)(C(N)=O)c1cc(F)ccc1F. The second kappa shape index (κ2) is 6.08. The van der Waals surface area contributed by atoms with Crippen molar-refractivity contribution in [1.82, 2.24) is 10.2 Å². The lowest BCUT2D eigenvalue weighted by atomic mass is 9.90. The van der Waals surface area contributed by atoms with Gasteiger partial charge in [-0.1, -0.05) is 0 Å². The van der Waals surface area contributed by atoms with Gasteiger partial charge in [0.15, 0.2) is 0 Å². The maximum Gasteiger partial charge on any atom is 0.242 e. The van der Waals surface area contributed by atoms with Crippen LogP contribution >= 0.6 is 0 Å². The molecule has 3 N–H and O–H groups in total. The first-order valence-corrected chi connectivity index (χ1v) is 5.92. The van der Waals surface area contributed by atoms with Gasteiger partial charge in [-0.3, -0.25) is 10.1 Å². The molecule has 0 saturated heterocycles. The van der Waals surface area contributed by atoms with Crippen LogP contribution < -0.4 is 11.1 Å². The maximum atomic E-state index is 13.8. The van der Waals surface area contributed by atoms with Gasteiger partial charge in [-0.25, -0.2) is 8.78 Å². The van der Waals surface area contributed by atoms with Crippen molar-refractivity contribution in [3.05, 3.63) is 35.4 Å². The zero-order valence-electron chi connectivity index (χ0n) is 11.3. The predicted octanol–water partition coefficient (Wildman–Crippen LogP) is 0.817. The quantitative estimate of drug-likeness (QED) is 0.805. The highest BCUT2D eigenvalue weighted by atomic mass is 19.1. The summed E-state index contributed by atoms with van der Waals surface area (Å²) in [6.07, 6.45) is 0. The Balaban J connectivity index is 3.04. The minimum atomic E-state index is -1.44. The van der Waals surface area contributed by atoms with Crippen LogP contribution in [0.4, 0.5) is 8.78 Å².